The Kier molecular flexibility index (Phi) is 3.96. The molecule has 0 amide bonds. The van der Waals surface area contributed by atoms with E-state index in [0.29, 0.717) is 6.54 Å². The van der Waals surface area contributed by atoms with Crippen LogP contribution in [-0.2, 0) is 13.1 Å². The van der Waals surface area contributed by atoms with Crippen LogP contribution >= 0.6 is 0 Å². The fraction of sp³-hybridized carbons (Fsp3) is 0.118. The lowest BCUT2D eigenvalue weighted by Crippen LogP contribution is -2.01. The van der Waals surface area contributed by atoms with Gasteiger partial charge < -0.3 is 9.88 Å². The van der Waals surface area contributed by atoms with Crippen LogP contribution in [0.2, 0.25) is 0 Å². The highest BCUT2D eigenvalue weighted by molar-refractivity contribution is 5.46. The Morgan fingerprint density at radius 1 is 1.05 bits per heavy atom. The molecule has 0 unspecified atom stereocenters. The highest BCUT2D eigenvalue weighted by Crippen LogP contribution is 2.13. The molecule has 21 heavy (non-hydrogen) atoms. The first kappa shape index (κ1) is 13.4. The van der Waals surface area contributed by atoms with E-state index >= 15 is 0 Å². The average Bonchev–Trinajstić information content (AvgIpc) is 2.99. The average molecular weight is 281 g/mol. The van der Waals surface area contributed by atoms with Crippen LogP contribution in [0.3, 0.4) is 0 Å². The van der Waals surface area contributed by atoms with Gasteiger partial charge in [0.1, 0.15) is 5.82 Å². The summed E-state index contributed by atoms with van der Waals surface area (Å²) in [5.74, 6) is -0.205. The van der Waals surface area contributed by atoms with Gasteiger partial charge in [0.25, 0.3) is 0 Å². The SMILES string of the molecule is Fc1cccc(CNc2cccc(Cn3ccnc3)c2)c1. The molecule has 0 bridgehead atoms. The summed E-state index contributed by atoms with van der Waals surface area (Å²) in [5, 5.41) is 3.32. The maximum Gasteiger partial charge on any atom is 0.123 e. The lowest BCUT2D eigenvalue weighted by molar-refractivity contribution is 0.626. The second-order valence-corrected chi connectivity index (χ2v) is 4.92. The Morgan fingerprint density at radius 3 is 2.71 bits per heavy atom. The predicted octanol–water partition coefficient (Wildman–Crippen LogP) is 3.68. The van der Waals surface area contributed by atoms with Crippen LogP contribution < -0.4 is 5.32 Å². The van der Waals surface area contributed by atoms with Crippen molar-refractivity contribution in [2.45, 2.75) is 13.1 Å². The van der Waals surface area contributed by atoms with Crippen LogP contribution in [0.4, 0.5) is 10.1 Å². The number of anilines is 1. The normalized spacial score (nSPS) is 10.5. The Balaban J connectivity index is 1.66. The van der Waals surface area contributed by atoms with Gasteiger partial charge in [-0.25, -0.2) is 9.37 Å². The van der Waals surface area contributed by atoms with E-state index in [1.54, 1.807) is 24.7 Å². The zero-order valence-corrected chi connectivity index (χ0v) is 11.5. The minimum absolute atomic E-state index is 0.205. The van der Waals surface area contributed by atoms with E-state index in [1.807, 2.05) is 29.0 Å². The van der Waals surface area contributed by atoms with E-state index < -0.39 is 0 Å². The first-order valence-corrected chi connectivity index (χ1v) is 6.82. The number of aromatic nitrogens is 2. The molecule has 0 saturated heterocycles. The summed E-state index contributed by atoms with van der Waals surface area (Å²) in [5.41, 5.74) is 3.14. The third kappa shape index (κ3) is 3.69. The molecule has 4 heteroatoms. The van der Waals surface area contributed by atoms with Crippen LogP contribution in [0.25, 0.3) is 0 Å². The van der Waals surface area contributed by atoms with Gasteiger partial charge in [0.05, 0.1) is 6.33 Å². The summed E-state index contributed by atoms with van der Waals surface area (Å²) in [6.45, 7) is 1.39. The lowest BCUT2D eigenvalue weighted by atomic mass is 10.2. The maximum atomic E-state index is 13.1. The molecule has 0 aliphatic rings. The molecule has 0 saturated carbocycles. The molecular formula is C17H16FN3. The van der Waals surface area contributed by atoms with E-state index in [1.165, 1.54) is 11.6 Å². The van der Waals surface area contributed by atoms with E-state index in [-0.39, 0.29) is 5.82 Å². The molecule has 0 radical (unpaired) electrons. The largest absolute Gasteiger partial charge is 0.381 e. The van der Waals surface area contributed by atoms with Gasteiger partial charge in [-0.15, -0.1) is 0 Å². The fourth-order valence-electron chi connectivity index (χ4n) is 2.22. The molecule has 106 valence electrons. The molecule has 0 aliphatic carbocycles. The number of hydrogen-bond donors (Lipinski definition) is 1. The highest BCUT2D eigenvalue weighted by atomic mass is 19.1. The Bertz CT molecular complexity index is 708. The number of halogens is 1. The number of hydrogen-bond acceptors (Lipinski definition) is 2. The quantitative estimate of drug-likeness (QED) is 0.773. The van der Waals surface area contributed by atoms with Gasteiger partial charge in [-0.05, 0) is 35.4 Å². The van der Waals surface area contributed by atoms with Crippen molar-refractivity contribution in [1.29, 1.82) is 0 Å². The summed E-state index contributed by atoms with van der Waals surface area (Å²) < 4.78 is 15.2. The minimum atomic E-state index is -0.205. The number of nitrogens with one attached hydrogen (secondary N) is 1. The van der Waals surface area contributed by atoms with Gasteiger partial charge in [-0.1, -0.05) is 24.3 Å². The minimum Gasteiger partial charge on any atom is -0.381 e. The standard InChI is InChI=1S/C17H16FN3/c18-16-5-1-3-14(9-16)11-20-17-6-2-4-15(10-17)12-21-8-7-19-13-21/h1-10,13,20H,11-12H2. The number of imidazole rings is 1. The van der Waals surface area contributed by atoms with Crippen molar-refractivity contribution in [3.8, 4) is 0 Å². The number of benzene rings is 2. The zero-order valence-electron chi connectivity index (χ0n) is 11.5. The summed E-state index contributed by atoms with van der Waals surface area (Å²) in [4.78, 5) is 4.04. The van der Waals surface area contributed by atoms with Gasteiger partial charge in [0.15, 0.2) is 0 Å². The van der Waals surface area contributed by atoms with Crippen LogP contribution in [0.15, 0.2) is 67.3 Å². The lowest BCUT2D eigenvalue weighted by Gasteiger charge is -2.09. The second kappa shape index (κ2) is 6.22. The molecule has 0 spiro atoms. The van der Waals surface area contributed by atoms with Gasteiger partial charge in [-0.2, -0.15) is 0 Å². The molecule has 3 nitrogen and oxygen atoms in total. The highest BCUT2D eigenvalue weighted by Gasteiger charge is 1.99. The van der Waals surface area contributed by atoms with Crippen LogP contribution in [0, 0.1) is 5.82 Å². The Labute approximate surface area is 123 Å². The van der Waals surface area contributed by atoms with Gasteiger partial charge in [0, 0.05) is 31.2 Å². The summed E-state index contributed by atoms with van der Waals surface area (Å²) >= 11 is 0. The van der Waals surface area contributed by atoms with Crippen molar-refractivity contribution in [2.24, 2.45) is 0 Å². The van der Waals surface area contributed by atoms with Crippen molar-refractivity contribution in [3.05, 3.63) is 84.2 Å². The van der Waals surface area contributed by atoms with Gasteiger partial charge in [0.2, 0.25) is 0 Å². The number of nitrogens with zero attached hydrogens (tertiary/aromatic N) is 2. The molecule has 2 aromatic carbocycles. The smallest absolute Gasteiger partial charge is 0.123 e. The molecular weight excluding hydrogens is 265 g/mol. The van der Waals surface area contributed by atoms with Crippen LogP contribution in [0.1, 0.15) is 11.1 Å². The number of rotatable bonds is 5. The summed E-state index contributed by atoms with van der Waals surface area (Å²) in [6, 6.07) is 14.8. The molecule has 0 fully saturated rings. The molecule has 1 aromatic heterocycles. The van der Waals surface area contributed by atoms with E-state index in [4.69, 9.17) is 0 Å². The fourth-order valence-corrected chi connectivity index (χ4v) is 2.22. The van der Waals surface area contributed by atoms with E-state index in [2.05, 4.69) is 22.4 Å². The van der Waals surface area contributed by atoms with Crippen molar-refractivity contribution in [1.82, 2.24) is 9.55 Å². The summed E-state index contributed by atoms with van der Waals surface area (Å²) in [7, 11) is 0. The van der Waals surface area contributed by atoms with Gasteiger partial charge >= 0.3 is 0 Å². The second-order valence-electron chi connectivity index (χ2n) is 4.92. The Morgan fingerprint density at radius 2 is 1.90 bits per heavy atom. The van der Waals surface area contributed by atoms with E-state index in [9.17, 15) is 4.39 Å². The Hall–Kier alpha value is -2.62. The van der Waals surface area contributed by atoms with Crippen LogP contribution in [0.5, 0.6) is 0 Å². The third-order valence-electron chi connectivity index (χ3n) is 3.24. The van der Waals surface area contributed by atoms with Crippen LogP contribution in [-0.4, -0.2) is 9.55 Å². The van der Waals surface area contributed by atoms with E-state index in [0.717, 1.165) is 17.8 Å². The van der Waals surface area contributed by atoms with Crippen molar-refractivity contribution >= 4 is 5.69 Å². The van der Waals surface area contributed by atoms with Gasteiger partial charge in [-0.3, -0.25) is 0 Å². The molecule has 3 rings (SSSR count). The summed E-state index contributed by atoms with van der Waals surface area (Å²) in [6.07, 6.45) is 5.51. The molecule has 1 heterocycles. The molecule has 1 N–H and O–H groups in total. The molecule has 3 aromatic rings. The topological polar surface area (TPSA) is 29.9 Å². The molecule has 0 atom stereocenters. The monoisotopic (exact) mass is 281 g/mol. The van der Waals surface area contributed by atoms with Crippen molar-refractivity contribution < 1.29 is 4.39 Å². The van der Waals surface area contributed by atoms with Crippen molar-refractivity contribution in [2.75, 3.05) is 5.32 Å². The third-order valence-corrected chi connectivity index (χ3v) is 3.24. The predicted molar refractivity (Wildman–Crippen MR) is 81.5 cm³/mol. The molecule has 0 aliphatic heterocycles. The first-order valence-electron chi connectivity index (χ1n) is 6.82. The zero-order chi connectivity index (χ0) is 14.5. The van der Waals surface area contributed by atoms with Crippen molar-refractivity contribution in [3.63, 3.8) is 0 Å². The first-order chi connectivity index (χ1) is 10.3. The maximum absolute atomic E-state index is 13.1.